The van der Waals surface area contributed by atoms with Gasteiger partial charge in [0.15, 0.2) is 0 Å². The molecule has 1 atom stereocenters. The minimum atomic E-state index is -0.566. The molecule has 0 saturated carbocycles. The molecule has 0 radical (unpaired) electrons. The molecular formula is C16H17ClF2N2. The minimum absolute atomic E-state index is 0.0159. The van der Waals surface area contributed by atoms with E-state index in [9.17, 15) is 8.78 Å². The Labute approximate surface area is 128 Å². The van der Waals surface area contributed by atoms with Gasteiger partial charge in [0.05, 0.1) is 22.4 Å². The number of benzene rings is 2. The van der Waals surface area contributed by atoms with Crippen LogP contribution in [0.3, 0.4) is 0 Å². The van der Waals surface area contributed by atoms with Crippen molar-refractivity contribution in [2.24, 2.45) is 0 Å². The standard InChI is InChI=1S/C16H17ClF2N2/c1-10(15-12(18)7-5-8-13(15)19)20-14-9-4-6-11(17)16(14)21(2)3/h4-10,20H,1-3H3. The van der Waals surface area contributed by atoms with Crippen LogP contribution in [0, 0.1) is 11.6 Å². The van der Waals surface area contributed by atoms with E-state index < -0.39 is 17.7 Å². The molecule has 5 heteroatoms. The summed E-state index contributed by atoms with van der Waals surface area (Å²) in [6.07, 6.45) is 0. The maximum absolute atomic E-state index is 13.8. The normalized spacial score (nSPS) is 12.1. The van der Waals surface area contributed by atoms with Crippen LogP contribution in [0.15, 0.2) is 36.4 Å². The summed E-state index contributed by atoms with van der Waals surface area (Å²) in [5, 5.41) is 3.70. The monoisotopic (exact) mass is 310 g/mol. The van der Waals surface area contributed by atoms with Crippen molar-refractivity contribution in [3.63, 3.8) is 0 Å². The molecule has 0 heterocycles. The van der Waals surface area contributed by atoms with Crippen LogP contribution in [0.1, 0.15) is 18.5 Å². The Morgan fingerprint density at radius 2 is 1.62 bits per heavy atom. The first-order valence-corrected chi connectivity index (χ1v) is 6.96. The summed E-state index contributed by atoms with van der Waals surface area (Å²) in [5.41, 5.74) is 1.52. The molecule has 1 N–H and O–H groups in total. The number of nitrogens with one attached hydrogen (secondary N) is 1. The van der Waals surface area contributed by atoms with E-state index in [2.05, 4.69) is 5.32 Å². The van der Waals surface area contributed by atoms with E-state index in [1.807, 2.05) is 25.1 Å². The van der Waals surface area contributed by atoms with E-state index in [0.29, 0.717) is 5.02 Å². The molecule has 0 saturated heterocycles. The highest BCUT2D eigenvalue weighted by atomic mass is 35.5. The summed E-state index contributed by atoms with van der Waals surface area (Å²) >= 11 is 6.19. The zero-order valence-corrected chi connectivity index (χ0v) is 12.9. The van der Waals surface area contributed by atoms with Crippen molar-refractivity contribution >= 4 is 23.0 Å². The third-order valence-electron chi connectivity index (χ3n) is 3.24. The number of rotatable bonds is 4. The molecule has 0 aromatic heterocycles. The predicted molar refractivity (Wildman–Crippen MR) is 84.2 cm³/mol. The predicted octanol–water partition coefficient (Wildman–Crippen LogP) is 4.86. The first kappa shape index (κ1) is 15.6. The second-order valence-electron chi connectivity index (χ2n) is 5.03. The molecule has 0 aliphatic carbocycles. The average Bonchev–Trinajstić information content (AvgIpc) is 2.37. The number of hydrogen-bond donors (Lipinski definition) is 1. The highest BCUT2D eigenvalue weighted by molar-refractivity contribution is 6.34. The molecule has 0 bridgehead atoms. The molecule has 0 aliphatic heterocycles. The highest BCUT2D eigenvalue weighted by Crippen LogP contribution is 2.35. The van der Waals surface area contributed by atoms with Crippen molar-refractivity contribution < 1.29 is 8.78 Å². The van der Waals surface area contributed by atoms with Gasteiger partial charge in [0.1, 0.15) is 11.6 Å². The van der Waals surface area contributed by atoms with E-state index >= 15 is 0 Å². The Bertz CT molecular complexity index is 624. The van der Waals surface area contributed by atoms with Crippen LogP contribution in [0.2, 0.25) is 5.02 Å². The quantitative estimate of drug-likeness (QED) is 0.867. The van der Waals surface area contributed by atoms with Gasteiger partial charge in [0.2, 0.25) is 0 Å². The van der Waals surface area contributed by atoms with Crippen LogP contribution in [-0.2, 0) is 0 Å². The molecule has 2 aromatic carbocycles. The molecule has 2 rings (SSSR count). The molecule has 21 heavy (non-hydrogen) atoms. The zero-order chi connectivity index (χ0) is 15.6. The van der Waals surface area contributed by atoms with Crippen LogP contribution in [0.25, 0.3) is 0 Å². The van der Waals surface area contributed by atoms with E-state index in [0.717, 1.165) is 11.4 Å². The van der Waals surface area contributed by atoms with E-state index in [1.165, 1.54) is 18.2 Å². The molecule has 0 fully saturated rings. The molecule has 112 valence electrons. The summed E-state index contributed by atoms with van der Waals surface area (Å²) in [5.74, 6) is -1.13. The van der Waals surface area contributed by atoms with Gasteiger partial charge in [-0.25, -0.2) is 8.78 Å². The van der Waals surface area contributed by atoms with Crippen LogP contribution < -0.4 is 10.2 Å². The fourth-order valence-electron chi connectivity index (χ4n) is 2.32. The van der Waals surface area contributed by atoms with Gasteiger partial charge in [-0.3, -0.25) is 0 Å². The van der Waals surface area contributed by atoms with Crippen LogP contribution in [-0.4, -0.2) is 14.1 Å². The lowest BCUT2D eigenvalue weighted by Crippen LogP contribution is -2.16. The second-order valence-corrected chi connectivity index (χ2v) is 5.44. The number of halogens is 3. The van der Waals surface area contributed by atoms with E-state index in [4.69, 9.17) is 11.6 Å². The number of hydrogen-bond acceptors (Lipinski definition) is 2. The van der Waals surface area contributed by atoms with Gasteiger partial charge in [0.25, 0.3) is 0 Å². The molecule has 0 spiro atoms. The van der Waals surface area contributed by atoms with Crippen molar-refractivity contribution in [3.8, 4) is 0 Å². The molecule has 1 unspecified atom stereocenters. The largest absolute Gasteiger partial charge is 0.377 e. The Kier molecular flexibility index (Phi) is 4.68. The summed E-state index contributed by atoms with van der Waals surface area (Å²) < 4.78 is 27.7. The second kappa shape index (κ2) is 6.31. The van der Waals surface area contributed by atoms with Crippen molar-refractivity contribution in [2.45, 2.75) is 13.0 Å². The first-order valence-electron chi connectivity index (χ1n) is 6.58. The third kappa shape index (κ3) is 3.27. The van der Waals surface area contributed by atoms with Gasteiger partial charge in [-0.05, 0) is 31.2 Å². The summed E-state index contributed by atoms with van der Waals surface area (Å²) in [6, 6.07) is 8.73. The summed E-state index contributed by atoms with van der Waals surface area (Å²) in [6.45, 7) is 1.71. The lowest BCUT2D eigenvalue weighted by Gasteiger charge is -2.23. The highest BCUT2D eigenvalue weighted by Gasteiger charge is 2.18. The van der Waals surface area contributed by atoms with Crippen LogP contribution >= 0.6 is 11.6 Å². The van der Waals surface area contributed by atoms with Gasteiger partial charge in [-0.2, -0.15) is 0 Å². The lowest BCUT2D eigenvalue weighted by atomic mass is 10.1. The third-order valence-corrected chi connectivity index (χ3v) is 3.54. The van der Waals surface area contributed by atoms with E-state index in [-0.39, 0.29) is 5.56 Å². The SMILES string of the molecule is CC(Nc1cccc(Cl)c1N(C)C)c1c(F)cccc1F. The summed E-state index contributed by atoms with van der Waals surface area (Å²) in [4.78, 5) is 1.86. The number of anilines is 2. The molecular weight excluding hydrogens is 294 g/mol. The fourth-order valence-corrected chi connectivity index (χ4v) is 2.66. The molecule has 2 nitrogen and oxygen atoms in total. The average molecular weight is 311 g/mol. The lowest BCUT2D eigenvalue weighted by molar-refractivity contribution is 0.544. The molecule has 0 amide bonds. The minimum Gasteiger partial charge on any atom is -0.377 e. The Balaban J connectivity index is 2.37. The van der Waals surface area contributed by atoms with Crippen molar-refractivity contribution in [3.05, 3.63) is 58.6 Å². The number of nitrogens with zero attached hydrogens (tertiary/aromatic N) is 1. The Hall–Kier alpha value is -1.81. The smallest absolute Gasteiger partial charge is 0.131 e. The van der Waals surface area contributed by atoms with Gasteiger partial charge < -0.3 is 10.2 Å². The van der Waals surface area contributed by atoms with Gasteiger partial charge in [-0.1, -0.05) is 23.7 Å². The Morgan fingerprint density at radius 3 is 2.19 bits per heavy atom. The topological polar surface area (TPSA) is 15.3 Å². The molecule has 2 aromatic rings. The fraction of sp³-hybridized carbons (Fsp3) is 0.250. The van der Waals surface area contributed by atoms with Crippen LogP contribution in [0.5, 0.6) is 0 Å². The first-order chi connectivity index (χ1) is 9.91. The van der Waals surface area contributed by atoms with E-state index in [1.54, 1.807) is 19.1 Å². The van der Waals surface area contributed by atoms with Crippen LogP contribution in [0.4, 0.5) is 20.2 Å². The number of para-hydroxylation sites is 1. The van der Waals surface area contributed by atoms with Gasteiger partial charge >= 0.3 is 0 Å². The van der Waals surface area contributed by atoms with Crippen molar-refractivity contribution in [2.75, 3.05) is 24.3 Å². The van der Waals surface area contributed by atoms with Crippen molar-refractivity contribution in [1.82, 2.24) is 0 Å². The van der Waals surface area contributed by atoms with Gasteiger partial charge in [0, 0.05) is 19.7 Å². The van der Waals surface area contributed by atoms with Gasteiger partial charge in [-0.15, -0.1) is 0 Å². The maximum atomic E-state index is 13.8. The zero-order valence-electron chi connectivity index (χ0n) is 12.1. The molecule has 0 aliphatic rings. The van der Waals surface area contributed by atoms with Crippen molar-refractivity contribution in [1.29, 1.82) is 0 Å². The maximum Gasteiger partial charge on any atom is 0.131 e. The Morgan fingerprint density at radius 1 is 1.05 bits per heavy atom. The summed E-state index contributed by atoms with van der Waals surface area (Å²) in [7, 11) is 3.72.